The zero-order valence-electron chi connectivity index (χ0n) is 17.7. The monoisotopic (exact) mass is 536 g/mol. The minimum atomic E-state index is -1.17. The highest BCUT2D eigenvalue weighted by atomic mass is 35.5. The number of halogens is 2. The molecule has 1 N–H and O–H groups in total. The van der Waals surface area contributed by atoms with Crippen molar-refractivity contribution < 1.29 is 19.5 Å². The van der Waals surface area contributed by atoms with Crippen LogP contribution in [-0.2, 0) is 0 Å². The first-order chi connectivity index (χ1) is 16.8. The van der Waals surface area contributed by atoms with Crippen molar-refractivity contribution in [3.63, 3.8) is 0 Å². The van der Waals surface area contributed by atoms with Crippen molar-refractivity contribution in [3.8, 4) is 0 Å². The van der Waals surface area contributed by atoms with Gasteiger partial charge in [-0.05, 0) is 78.9 Å². The molecule has 0 unspecified atom stereocenters. The maximum Gasteiger partial charge on any atom is 0.335 e. The number of carbonyl (C=O) groups excluding carboxylic acids is 2. The number of aromatic carboxylic acids is 1. The molecule has 8 heteroatoms. The number of carboxylic acids is 1. The molecule has 1 aliphatic carbocycles. The minimum absolute atomic E-state index is 0.0491. The topological polar surface area (TPSA) is 71.4 Å². The normalized spacial score (nSPS) is 12.3. The highest BCUT2D eigenvalue weighted by Gasteiger charge is 2.35. The fourth-order valence-electron chi connectivity index (χ4n) is 3.78. The number of rotatable bonds is 5. The lowest BCUT2D eigenvalue weighted by Crippen LogP contribution is -2.23. The summed E-state index contributed by atoms with van der Waals surface area (Å²) in [4.78, 5) is 41.9. The van der Waals surface area contributed by atoms with Crippen molar-refractivity contribution in [3.05, 3.63) is 117 Å². The van der Waals surface area contributed by atoms with Crippen LogP contribution in [0, 0.1) is 0 Å². The first-order valence-corrected chi connectivity index (χ1v) is 12.7. The van der Waals surface area contributed by atoms with Gasteiger partial charge < -0.3 is 5.11 Å². The molecule has 35 heavy (non-hydrogen) atoms. The second-order valence-corrected chi connectivity index (χ2v) is 10.8. The Bertz CT molecular complexity index is 1510. The number of benzene rings is 4. The first-order valence-electron chi connectivity index (χ1n) is 10.3. The molecule has 0 fully saturated rings. The number of hydrogen-bond acceptors (Lipinski definition) is 5. The molecule has 172 valence electrons. The number of ketones is 2. The van der Waals surface area contributed by atoms with Gasteiger partial charge in [-0.1, -0.05) is 46.7 Å². The summed E-state index contributed by atoms with van der Waals surface area (Å²) in [5, 5.41) is 10.6. The molecule has 1 aliphatic rings. The Morgan fingerprint density at radius 3 is 1.54 bits per heavy atom. The van der Waals surface area contributed by atoms with E-state index in [2.05, 4.69) is 0 Å². The van der Waals surface area contributed by atoms with Gasteiger partial charge in [0.05, 0.1) is 5.56 Å². The molecule has 0 radical (unpaired) electrons. The van der Waals surface area contributed by atoms with Gasteiger partial charge in [-0.2, -0.15) is 0 Å². The van der Waals surface area contributed by atoms with Gasteiger partial charge in [0.2, 0.25) is 0 Å². The van der Waals surface area contributed by atoms with E-state index in [1.807, 2.05) is 36.4 Å². The fraction of sp³-hybridized carbons (Fsp3) is 0. The van der Waals surface area contributed by atoms with Crippen LogP contribution in [0.4, 0.5) is 0 Å². The molecule has 0 amide bonds. The summed E-state index contributed by atoms with van der Waals surface area (Å²) in [7, 11) is 0. The molecule has 0 spiro atoms. The van der Waals surface area contributed by atoms with Gasteiger partial charge in [0.25, 0.3) is 0 Å². The Balaban J connectivity index is 1.67. The lowest BCUT2D eigenvalue weighted by molar-refractivity contribution is 0.0696. The smallest absolute Gasteiger partial charge is 0.335 e. The van der Waals surface area contributed by atoms with E-state index in [1.165, 1.54) is 41.7 Å². The summed E-state index contributed by atoms with van der Waals surface area (Å²) in [6.45, 7) is 0. The van der Waals surface area contributed by atoms with Crippen LogP contribution in [0.15, 0.2) is 98.4 Å². The zero-order chi connectivity index (χ0) is 24.7. The predicted molar refractivity (Wildman–Crippen MR) is 138 cm³/mol. The second kappa shape index (κ2) is 9.55. The number of hydrogen-bond donors (Lipinski definition) is 1. The summed E-state index contributed by atoms with van der Waals surface area (Å²) in [6.07, 6.45) is 0. The van der Waals surface area contributed by atoms with E-state index in [9.17, 15) is 19.5 Å². The van der Waals surface area contributed by atoms with E-state index in [-0.39, 0.29) is 33.8 Å². The lowest BCUT2D eigenvalue weighted by Gasteiger charge is -2.23. The van der Waals surface area contributed by atoms with Crippen molar-refractivity contribution >= 4 is 64.3 Å². The van der Waals surface area contributed by atoms with E-state index in [0.717, 1.165) is 9.79 Å². The Labute approximate surface area is 219 Å². The van der Waals surface area contributed by atoms with Crippen LogP contribution in [0.25, 0.3) is 0 Å². The number of carbonyl (C=O) groups is 3. The average molecular weight is 537 g/mol. The van der Waals surface area contributed by atoms with Crippen LogP contribution in [0.5, 0.6) is 0 Å². The first kappa shape index (κ1) is 23.7. The third-order valence-electron chi connectivity index (χ3n) is 5.42. The molecule has 4 aromatic carbocycles. The molecule has 0 aliphatic heterocycles. The van der Waals surface area contributed by atoms with Crippen LogP contribution in [0.1, 0.15) is 42.2 Å². The molecule has 4 aromatic rings. The van der Waals surface area contributed by atoms with E-state index < -0.39 is 5.97 Å². The van der Waals surface area contributed by atoms with Gasteiger partial charge in [-0.15, -0.1) is 0 Å². The third kappa shape index (κ3) is 4.62. The zero-order valence-corrected chi connectivity index (χ0v) is 20.9. The highest BCUT2D eigenvalue weighted by molar-refractivity contribution is 8.00. The molecule has 4 nitrogen and oxygen atoms in total. The average Bonchev–Trinajstić information content (AvgIpc) is 2.85. The van der Waals surface area contributed by atoms with Gasteiger partial charge in [-0.3, -0.25) is 9.59 Å². The summed E-state index contributed by atoms with van der Waals surface area (Å²) < 4.78 is 0. The summed E-state index contributed by atoms with van der Waals surface area (Å²) in [5.41, 5.74) is 0.813. The van der Waals surface area contributed by atoms with E-state index in [1.54, 1.807) is 24.3 Å². The molecule has 0 bridgehead atoms. The maximum absolute atomic E-state index is 13.7. The van der Waals surface area contributed by atoms with E-state index in [4.69, 9.17) is 23.2 Å². The van der Waals surface area contributed by atoms with Gasteiger partial charge in [-0.25, -0.2) is 4.79 Å². The SMILES string of the molecule is O=C(O)c1ccc2c(c1)C(=O)c1c(Sc3ccc(Cl)cc3)ccc(Sc3ccc(Cl)cc3)c1C2=O. The number of fused-ring (bicyclic) bond motifs is 2. The predicted octanol–water partition coefficient (Wildman–Crippen LogP) is 7.77. The van der Waals surface area contributed by atoms with Crippen LogP contribution in [-0.4, -0.2) is 22.6 Å². The molecule has 0 saturated heterocycles. The Morgan fingerprint density at radius 1 is 0.629 bits per heavy atom. The standard InChI is InChI=1S/C27H14Cl2O4S2/c28-15-2-6-17(7-3-15)34-21-11-12-22(35-18-8-4-16(29)5-9-18)24-23(21)25(30)19-10-1-14(27(32)33)13-20(19)26(24)31/h1-13H,(H,32,33). The molecule has 0 atom stereocenters. The minimum Gasteiger partial charge on any atom is -0.478 e. The van der Waals surface area contributed by atoms with Crippen molar-refractivity contribution in [1.82, 2.24) is 0 Å². The van der Waals surface area contributed by atoms with Gasteiger partial charge in [0.1, 0.15) is 0 Å². The molecule has 0 aromatic heterocycles. The summed E-state index contributed by atoms with van der Waals surface area (Å²) >= 11 is 14.7. The van der Waals surface area contributed by atoms with E-state index in [0.29, 0.717) is 25.4 Å². The van der Waals surface area contributed by atoms with Crippen LogP contribution < -0.4 is 0 Å². The Kier molecular flexibility index (Phi) is 6.47. The van der Waals surface area contributed by atoms with Gasteiger partial charge in [0.15, 0.2) is 11.6 Å². The molecule has 5 rings (SSSR count). The van der Waals surface area contributed by atoms with Gasteiger partial charge in [0, 0.05) is 51.9 Å². The fourth-order valence-corrected chi connectivity index (χ4v) is 5.95. The van der Waals surface area contributed by atoms with Crippen molar-refractivity contribution in [2.75, 3.05) is 0 Å². The largest absolute Gasteiger partial charge is 0.478 e. The van der Waals surface area contributed by atoms with Crippen LogP contribution >= 0.6 is 46.7 Å². The third-order valence-corrected chi connectivity index (χ3v) is 8.06. The quantitative estimate of drug-likeness (QED) is 0.247. The Morgan fingerprint density at radius 2 is 1.09 bits per heavy atom. The van der Waals surface area contributed by atoms with Crippen molar-refractivity contribution in [2.24, 2.45) is 0 Å². The summed E-state index contributed by atoms with van der Waals surface area (Å²) in [5.74, 6) is -1.86. The lowest BCUT2D eigenvalue weighted by atomic mass is 9.83. The van der Waals surface area contributed by atoms with Crippen LogP contribution in [0.2, 0.25) is 10.0 Å². The number of carboxylic acid groups (broad SMARTS) is 1. The molecule has 0 saturated carbocycles. The summed E-state index contributed by atoms with van der Waals surface area (Å²) in [6, 6.07) is 22.1. The van der Waals surface area contributed by atoms with Crippen LogP contribution in [0.3, 0.4) is 0 Å². The highest BCUT2D eigenvalue weighted by Crippen LogP contribution is 2.43. The van der Waals surface area contributed by atoms with Crippen molar-refractivity contribution in [2.45, 2.75) is 19.6 Å². The van der Waals surface area contributed by atoms with E-state index >= 15 is 0 Å². The van der Waals surface area contributed by atoms with Crippen molar-refractivity contribution in [1.29, 1.82) is 0 Å². The molecular weight excluding hydrogens is 523 g/mol. The molecular formula is C27H14Cl2O4S2. The maximum atomic E-state index is 13.7. The Hall–Kier alpha value is -3.03. The second-order valence-electron chi connectivity index (χ2n) is 7.65. The molecule has 0 heterocycles. The van der Waals surface area contributed by atoms with Gasteiger partial charge >= 0.3 is 5.97 Å².